The number of phenolic OH excluding ortho intramolecular Hbond substituents is 1. The predicted molar refractivity (Wildman–Crippen MR) is 78.5 cm³/mol. The van der Waals surface area contributed by atoms with Gasteiger partial charge in [0.25, 0.3) is 0 Å². The van der Waals surface area contributed by atoms with E-state index in [1.165, 1.54) is 6.07 Å². The second-order valence-electron chi connectivity index (χ2n) is 5.12. The lowest BCUT2D eigenvalue weighted by atomic mass is 10.1. The highest BCUT2D eigenvalue weighted by molar-refractivity contribution is 7.80. The lowest BCUT2D eigenvalue weighted by molar-refractivity contribution is 0.0635. The summed E-state index contributed by atoms with van der Waals surface area (Å²) >= 11 is 4.82. The van der Waals surface area contributed by atoms with E-state index in [4.69, 9.17) is 22.7 Å². The number of nitrogens with two attached hydrogens (primary N) is 1. The summed E-state index contributed by atoms with van der Waals surface area (Å²) in [4.78, 5) is 12.0. The number of hydrogen-bond acceptors (Lipinski definition) is 4. The number of amides is 1. The summed E-state index contributed by atoms with van der Waals surface area (Å²) in [6.45, 7) is 5.28. The molecule has 0 heterocycles. The van der Waals surface area contributed by atoms with Crippen molar-refractivity contribution in [1.82, 2.24) is 0 Å². The van der Waals surface area contributed by atoms with Crippen molar-refractivity contribution >= 4 is 29.0 Å². The van der Waals surface area contributed by atoms with Crippen LogP contribution in [-0.4, -0.2) is 21.8 Å². The molecule has 0 unspecified atom stereocenters. The normalized spacial score (nSPS) is 10.9. The average Bonchev–Trinajstić information content (AvgIpc) is 2.19. The van der Waals surface area contributed by atoms with Crippen molar-refractivity contribution in [3.05, 3.63) is 23.8 Å². The van der Waals surface area contributed by atoms with Crippen LogP contribution in [0.15, 0.2) is 18.2 Å². The molecule has 4 N–H and O–H groups in total. The number of phenols is 1. The SMILES string of the molecule is CC(C)(C)OC(=O)Nc1cc(CC(N)=S)ccc1O. The average molecular weight is 282 g/mol. The molecule has 104 valence electrons. The topological polar surface area (TPSA) is 84.6 Å². The van der Waals surface area contributed by atoms with Gasteiger partial charge in [-0.1, -0.05) is 18.3 Å². The van der Waals surface area contributed by atoms with Crippen LogP contribution in [0, 0.1) is 0 Å². The van der Waals surface area contributed by atoms with E-state index in [-0.39, 0.29) is 11.4 Å². The van der Waals surface area contributed by atoms with Crippen LogP contribution in [0.25, 0.3) is 0 Å². The lowest BCUT2D eigenvalue weighted by Crippen LogP contribution is -2.27. The number of nitrogens with one attached hydrogen (secondary N) is 1. The Hall–Kier alpha value is -1.82. The maximum absolute atomic E-state index is 11.6. The molecule has 0 atom stereocenters. The van der Waals surface area contributed by atoms with Gasteiger partial charge in [0.15, 0.2) is 0 Å². The molecule has 0 radical (unpaired) electrons. The molecule has 0 fully saturated rings. The summed E-state index contributed by atoms with van der Waals surface area (Å²) in [5, 5.41) is 12.2. The first kappa shape index (κ1) is 15.2. The number of thiocarbonyl (C=S) groups is 1. The van der Waals surface area contributed by atoms with Crippen LogP contribution in [0.1, 0.15) is 26.3 Å². The Morgan fingerprint density at radius 2 is 2.11 bits per heavy atom. The molecule has 1 amide bonds. The van der Waals surface area contributed by atoms with E-state index in [9.17, 15) is 9.90 Å². The van der Waals surface area contributed by atoms with Crippen LogP contribution >= 0.6 is 12.2 Å². The Morgan fingerprint density at radius 1 is 1.47 bits per heavy atom. The summed E-state index contributed by atoms with van der Waals surface area (Å²) in [5.74, 6) is -0.0439. The minimum absolute atomic E-state index is 0.0439. The molecule has 1 aromatic carbocycles. The van der Waals surface area contributed by atoms with E-state index in [0.29, 0.717) is 11.4 Å². The summed E-state index contributed by atoms with van der Waals surface area (Å²) in [6, 6.07) is 4.77. The molecule has 5 nitrogen and oxygen atoms in total. The number of anilines is 1. The maximum atomic E-state index is 11.6. The molecule has 0 aliphatic rings. The van der Waals surface area contributed by atoms with Crippen molar-refractivity contribution in [3.63, 3.8) is 0 Å². The molecular weight excluding hydrogens is 264 g/mol. The number of benzene rings is 1. The van der Waals surface area contributed by atoms with Gasteiger partial charge in [-0.15, -0.1) is 0 Å². The Kier molecular flexibility index (Phi) is 4.72. The van der Waals surface area contributed by atoms with E-state index in [1.54, 1.807) is 32.9 Å². The van der Waals surface area contributed by atoms with E-state index in [1.807, 2.05) is 0 Å². The number of rotatable bonds is 3. The third-order valence-electron chi connectivity index (χ3n) is 2.07. The zero-order valence-electron chi connectivity index (χ0n) is 11.2. The van der Waals surface area contributed by atoms with Gasteiger partial charge in [-0.2, -0.15) is 0 Å². The van der Waals surface area contributed by atoms with Crippen LogP contribution in [0.5, 0.6) is 5.75 Å². The highest BCUT2D eigenvalue weighted by atomic mass is 32.1. The standard InChI is InChI=1S/C13H18N2O3S/c1-13(2,3)18-12(17)15-9-6-8(7-11(14)19)4-5-10(9)16/h4-6,16H,7H2,1-3H3,(H2,14,19)(H,15,17). The van der Waals surface area contributed by atoms with Gasteiger partial charge < -0.3 is 15.6 Å². The van der Waals surface area contributed by atoms with Gasteiger partial charge in [0.2, 0.25) is 0 Å². The monoisotopic (exact) mass is 282 g/mol. The van der Waals surface area contributed by atoms with Crippen molar-refractivity contribution in [2.24, 2.45) is 5.73 Å². The summed E-state index contributed by atoms with van der Waals surface area (Å²) in [7, 11) is 0. The third kappa shape index (κ3) is 5.56. The highest BCUT2D eigenvalue weighted by Crippen LogP contribution is 2.25. The molecule has 19 heavy (non-hydrogen) atoms. The smallest absolute Gasteiger partial charge is 0.412 e. The Bertz CT molecular complexity index is 495. The van der Waals surface area contributed by atoms with Crippen molar-refractivity contribution in [3.8, 4) is 5.75 Å². The second kappa shape index (κ2) is 5.88. The molecule has 0 aromatic heterocycles. The molecule has 0 aliphatic carbocycles. The summed E-state index contributed by atoms with van der Waals surface area (Å²) in [5.41, 5.74) is 5.92. The van der Waals surface area contributed by atoms with Crippen LogP contribution in [0.3, 0.4) is 0 Å². The van der Waals surface area contributed by atoms with Crippen molar-refractivity contribution in [1.29, 1.82) is 0 Å². The van der Waals surface area contributed by atoms with Gasteiger partial charge in [-0.05, 0) is 38.5 Å². The first-order valence-corrected chi connectivity index (χ1v) is 6.18. The second-order valence-corrected chi connectivity index (χ2v) is 5.65. The predicted octanol–water partition coefficient (Wildman–Crippen LogP) is 2.57. The van der Waals surface area contributed by atoms with Crippen molar-refractivity contribution in [2.75, 3.05) is 5.32 Å². The van der Waals surface area contributed by atoms with E-state index in [2.05, 4.69) is 5.32 Å². The highest BCUT2D eigenvalue weighted by Gasteiger charge is 2.17. The Morgan fingerprint density at radius 3 is 2.63 bits per heavy atom. The third-order valence-corrected chi connectivity index (χ3v) is 2.22. The molecular formula is C13H18N2O3S. The maximum Gasteiger partial charge on any atom is 0.412 e. The molecule has 1 aromatic rings. The Balaban J connectivity index is 2.82. The quantitative estimate of drug-likeness (QED) is 0.586. The van der Waals surface area contributed by atoms with Crippen molar-refractivity contribution < 1.29 is 14.6 Å². The number of aromatic hydroxyl groups is 1. The van der Waals surface area contributed by atoms with Gasteiger partial charge in [-0.25, -0.2) is 4.79 Å². The van der Waals surface area contributed by atoms with Gasteiger partial charge in [0, 0.05) is 6.42 Å². The first-order chi connectivity index (χ1) is 8.67. The summed E-state index contributed by atoms with van der Waals surface area (Å²) in [6.07, 6.45) is -0.228. The largest absolute Gasteiger partial charge is 0.506 e. The van der Waals surface area contributed by atoms with E-state index >= 15 is 0 Å². The fraction of sp³-hybridized carbons (Fsp3) is 0.385. The zero-order chi connectivity index (χ0) is 14.6. The fourth-order valence-corrected chi connectivity index (χ4v) is 1.57. The molecule has 0 bridgehead atoms. The molecule has 0 spiro atoms. The lowest BCUT2D eigenvalue weighted by Gasteiger charge is -2.20. The van der Waals surface area contributed by atoms with Crippen molar-refractivity contribution in [2.45, 2.75) is 32.8 Å². The number of hydrogen-bond donors (Lipinski definition) is 3. The number of ether oxygens (including phenoxy) is 1. The minimum atomic E-state index is -0.629. The summed E-state index contributed by atoms with van der Waals surface area (Å²) < 4.78 is 5.11. The van der Waals surface area contributed by atoms with Crippen LogP contribution < -0.4 is 11.1 Å². The van der Waals surface area contributed by atoms with E-state index < -0.39 is 11.7 Å². The van der Waals surface area contributed by atoms with Crippen LogP contribution in [0.4, 0.5) is 10.5 Å². The number of carbonyl (C=O) groups excluding carboxylic acids is 1. The van der Waals surface area contributed by atoms with Gasteiger partial charge in [0.05, 0.1) is 10.7 Å². The van der Waals surface area contributed by atoms with Crippen LogP contribution in [-0.2, 0) is 11.2 Å². The molecule has 0 aliphatic heterocycles. The zero-order valence-corrected chi connectivity index (χ0v) is 12.0. The molecule has 6 heteroatoms. The van der Waals surface area contributed by atoms with Gasteiger partial charge in [-0.3, -0.25) is 5.32 Å². The first-order valence-electron chi connectivity index (χ1n) is 5.77. The van der Waals surface area contributed by atoms with Crippen LogP contribution in [0.2, 0.25) is 0 Å². The van der Waals surface area contributed by atoms with Gasteiger partial charge >= 0.3 is 6.09 Å². The fourth-order valence-electron chi connectivity index (χ4n) is 1.41. The molecule has 0 saturated carbocycles. The minimum Gasteiger partial charge on any atom is -0.506 e. The van der Waals surface area contributed by atoms with E-state index in [0.717, 1.165) is 5.56 Å². The molecule has 1 rings (SSSR count). The Labute approximate surface area is 117 Å². The number of carbonyl (C=O) groups is 1. The molecule has 0 saturated heterocycles. The van der Waals surface area contributed by atoms with Gasteiger partial charge in [0.1, 0.15) is 11.4 Å².